The van der Waals surface area contributed by atoms with Gasteiger partial charge in [-0.3, -0.25) is 9.59 Å². The zero-order chi connectivity index (χ0) is 24.1. The van der Waals surface area contributed by atoms with Crippen LogP contribution in [0.5, 0.6) is 0 Å². The Hall–Kier alpha value is -2.78. The Morgan fingerprint density at radius 2 is 1.91 bits per heavy atom. The van der Waals surface area contributed by atoms with Crippen molar-refractivity contribution in [1.29, 1.82) is 0 Å². The number of carbonyl (C=O) groups excluding carboxylic acids is 3. The molecule has 2 aliphatic heterocycles. The highest BCUT2D eigenvalue weighted by atomic mass is 35.5. The molecule has 3 amide bonds. The minimum atomic E-state index is -0.406. The van der Waals surface area contributed by atoms with Gasteiger partial charge in [0.1, 0.15) is 6.61 Å². The molecule has 2 aliphatic rings. The highest BCUT2D eigenvalue weighted by Crippen LogP contribution is 2.26. The molecule has 0 saturated carbocycles. The molecule has 11 heteroatoms. The number of aromatic amines is 1. The third-order valence-electron chi connectivity index (χ3n) is 6.21. The van der Waals surface area contributed by atoms with Crippen LogP contribution in [0.15, 0.2) is 30.7 Å². The number of ether oxygens (including phenoxy) is 1. The summed E-state index contributed by atoms with van der Waals surface area (Å²) in [6, 6.07) is 5.05. The summed E-state index contributed by atoms with van der Waals surface area (Å²) in [5.41, 5.74) is 1.60. The number of hydrogen-bond acceptors (Lipinski definition) is 5. The van der Waals surface area contributed by atoms with Crippen molar-refractivity contribution < 1.29 is 19.1 Å². The third-order valence-corrected chi connectivity index (χ3v) is 6.65. The number of H-pyrrole nitrogens is 1. The summed E-state index contributed by atoms with van der Waals surface area (Å²) in [6.07, 6.45) is 5.15. The van der Waals surface area contributed by atoms with Gasteiger partial charge in [0.2, 0.25) is 11.8 Å². The molecular formula is C23H27Cl2N5O4. The van der Waals surface area contributed by atoms with Crippen molar-refractivity contribution >= 4 is 41.1 Å². The molecule has 1 aromatic carbocycles. The first kappa shape index (κ1) is 24.3. The van der Waals surface area contributed by atoms with Gasteiger partial charge in [-0.2, -0.15) is 0 Å². The van der Waals surface area contributed by atoms with Gasteiger partial charge in [0.05, 0.1) is 17.9 Å². The van der Waals surface area contributed by atoms with E-state index in [1.54, 1.807) is 40.5 Å². The van der Waals surface area contributed by atoms with E-state index < -0.39 is 6.09 Å². The molecule has 0 aliphatic carbocycles. The largest absolute Gasteiger partial charge is 0.445 e. The van der Waals surface area contributed by atoms with Crippen LogP contribution in [0, 0.1) is 5.92 Å². The van der Waals surface area contributed by atoms with E-state index in [1.165, 1.54) is 0 Å². The Morgan fingerprint density at radius 1 is 1.18 bits per heavy atom. The van der Waals surface area contributed by atoms with Crippen LogP contribution in [0.3, 0.4) is 0 Å². The standard InChI is InChI=1S/C23H27Cl2N5O4/c24-17-7-15(8-18(25)10-17)13-34-23(33)29-5-2-20(3-6-29)30-12-16(9-21(30)31)22(32)27-4-1-19-11-26-14-28-19/h7-8,10-11,14,16,20H,1-6,9,12-13H2,(H,26,28)(H,27,32). The summed E-state index contributed by atoms with van der Waals surface area (Å²) in [5, 5.41) is 3.88. The Labute approximate surface area is 207 Å². The number of carbonyl (C=O) groups is 3. The first-order valence-electron chi connectivity index (χ1n) is 11.3. The van der Waals surface area contributed by atoms with Crippen molar-refractivity contribution in [1.82, 2.24) is 25.1 Å². The molecule has 9 nitrogen and oxygen atoms in total. The maximum Gasteiger partial charge on any atom is 0.410 e. The number of likely N-dealkylation sites (tertiary alicyclic amines) is 2. The van der Waals surface area contributed by atoms with E-state index in [9.17, 15) is 14.4 Å². The quantitative estimate of drug-likeness (QED) is 0.598. The van der Waals surface area contributed by atoms with Crippen molar-refractivity contribution in [3.05, 3.63) is 52.0 Å². The topological polar surface area (TPSA) is 108 Å². The molecule has 1 aromatic heterocycles. The number of amides is 3. The van der Waals surface area contributed by atoms with Crippen LogP contribution in [0.25, 0.3) is 0 Å². The summed E-state index contributed by atoms with van der Waals surface area (Å²) in [4.78, 5) is 48.0. The molecule has 2 N–H and O–H groups in total. The Morgan fingerprint density at radius 3 is 2.59 bits per heavy atom. The Kier molecular flexibility index (Phi) is 7.95. The lowest BCUT2D eigenvalue weighted by atomic mass is 10.0. The second kappa shape index (κ2) is 11.1. The summed E-state index contributed by atoms with van der Waals surface area (Å²) < 4.78 is 5.40. The van der Waals surface area contributed by atoms with E-state index in [2.05, 4.69) is 15.3 Å². The van der Waals surface area contributed by atoms with Crippen molar-refractivity contribution in [3.8, 4) is 0 Å². The molecule has 182 valence electrons. The highest BCUT2D eigenvalue weighted by molar-refractivity contribution is 6.34. The lowest BCUT2D eigenvalue weighted by Gasteiger charge is -2.36. The Bertz CT molecular complexity index is 1000. The molecule has 4 rings (SSSR count). The summed E-state index contributed by atoms with van der Waals surface area (Å²) in [6.45, 7) is 1.96. The van der Waals surface area contributed by atoms with Crippen LogP contribution in [-0.4, -0.2) is 69.9 Å². The van der Waals surface area contributed by atoms with Gasteiger partial charge in [0.25, 0.3) is 0 Å². The second-order valence-corrected chi connectivity index (χ2v) is 9.47. The first-order valence-corrected chi connectivity index (χ1v) is 12.1. The fraction of sp³-hybridized carbons (Fsp3) is 0.478. The Balaban J connectivity index is 1.20. The summed E-state index contributed by atoms with van der Waals surface area (Å²) in [5.74, 6) is -0.459. The average molecular weight is 508 g/mol. The van der Waals surface area contributed by atoms with Gasteiger partial charge in [0.15, 0.2) is 0 Å². The number of halogens is 2. The third kappa shape index (κ3) is 6.21. The van der Waals surface area contributed by atoms with E-state index in [0.29, 0.717) is 55.5 Å². The molecule has 1 unspecified atom stereocenters. The second-order valence-electron chi connectivity index (χ2n) is 8.60. The number of nitrogens with one attached hydrogen (secondary N) is 2. The van der Waals surface area contributed by atoms with Crippen molar-refractivity contribution in [2.75, 3.05) is 26.2 Å². The summed E-state index contributed by atoms with van der Waals surface area (Å²) >= 11 is 12.0. The maximum atomic E-state index is 12.6. The maximum absolute atomic E-state index is 12.6. The molecule has 34 heavy (non-hydrogen) atoms. The zero-order valence-electron chi connectivity index (χ0n) is 18.6. The van der Waals surface area contributed by atoms with Crippen LogP contribution < -0.4 is 5.32 Å². The van der Waals surface area contributed by atoms with E-state index in [1.807, 2.05) is 0 Å². The van der Waals surface area contributed by atoms with Crippen LogP contribution in [0.4, 0.5) is 4.79 Å². The molecule has 1 atom stereocenters. The van der Waals surface area contributed by atoms with Crippen LogP contribution >= 0.6 is 23.2 Å². The van der Waals surface area contributed by atoms with E-state index >= 15 is 0 Å². The number of nitrogens with zero attached hydrogens (tertiary/aromatic N) is 3. The number of hydrogen-bond donors (Lipinski definition) is 2. The van der Waals surface area contributed by atoms with Crippen molar-refractivity contribution in [2.45, 2.75) is 38.3 Å². The minimum Gasteiger partial charge on any atom is -0.445 e. The lowest BCUT2D eigenvalue weighted by molar-refractivity contribution is -0.131. The zero-order valence-corrected chi connectivity index (χ0v) is 20.1. The predicted molar refractivity (Wildman–Crippen MR) is 126 cm³/mol. The smallest absolute Gasteiger partial charge is 0.410 e. The SMILES string of the molecule is O=C(NCCc1c[nH]cn1)C1CC(=O)N(C2CCN(C(=O)OCc3cc(Cl)cc(Cl)c3)CC2)C1. The van der Waals surface area contributed by atoms with Gasteiger partial charge in [-0.25, -0.2) is 9.78 Å². The van der Waals surface area contributed by atoms with E-state index in [0.717, 1.165) is 11.3 Å². The molecule has 0 spiro atoms. The summed E-state index contributed by atoms with van der Waals surface area (Å²) in [7, 11) is 0. The van der Waals surface area contributed by atoms with E-state index in [-0.39, 0.29) is 36.8 Å². The molecule has 2 saturated heterocycles. The highest BCUT2D eigenvalue weighted by Gasteiger charge is 2.39. The molecule has 2 fully saturated rings. The van der Waals surface area contributed by atoms with Crippen molar-refractivity contribution in [3.63, 3.8) is 0 Å². The number of piperidine rings is 1. The number of rotatable bonds is 7. The number of benzene rings is 1. The van der Waals surface area contributed by atoms with Crippen LogP contribution in [0.1, 0.15) is 30.5 Å². The van der Waals surface area contributed by atoms with Gasteiger partial charge in [0, 0.05) is 61.3 Å². The van der Waals surface area contributed by atoms with Gasteiger partial charge in [-0.05, 0) is 36.6 Å². The first-order chi connectivity index (χ1) is 16.4. The fourth-order valence-electron chi connectivity index (χ4n) is 4.44. The number of imidazole rings is 1. The van der Waals surface area contributed by atoms with Crippen LogP contribution in [-0.2, 0) is 27.4 Å². The molecule has 3 heterocycles. The normalized spacial score (nSPS) is 18.9. The lowest BCUT2D eigenvalue weighted by Crippen LogP contribution is -2.47. The van der Waals surface area contributed by atoms with Gasteiger partial charge in [-0.15, -0.1) is 0 Å². The van der Waals surface area contributed by atoms with Crippen molar-refractivity contribution in [2.24, 2.45) is 5.92 Å². The van der Waals surface area contributed by atoms with Crippen LogP contribution in [0.2, 0.25) is 10.0 Å². The average Bonchev–Trinajstić information content (AvgIpc) is 3.47. The van der Waals surface area contributed by atoms with E-state index in [4.69, 9.17) is 27.9 Å². The van der Waals surface area contributed by atoms with Gasteiger partial charge in [-0.1, -0.05) is 23.2 Å². The monoisotopic (exact) mass is 507 g/mol. The minimum absolute atomic E-state index is 0.00804. The fourth-order valence-corrected chi connectivity index (χ4v) is 5.01. The molecular weight excluding hydrogens is 481 g/mol. The van der Waals surface area contributed by atoms with Gasteiger partial charge >= 0.3 is 6.09 Å². The predicted octanol–water partition coefficient (Wildman–Crippen LogP) is 3.02. The van der Waals surface area contributed by atoms with Gasteiger partial charge < -0.3 is 24.8 Å². The molecule has 0 radical (unpaired) electrons. The number of aromatic nitrogens is 2. The molecule has 2 aromatic rings. The molecule has 0 bridgehead atoms.